The summed E-state index contributed by atoms with van der Waals surface area (Å²) in [6.07, 6.45) is 13.3. The molecule has 0 unspecified atom stereocenters. The zero-order valence-electron chi connectivity index (χ0n) is 17.4. The van der Waals surface area contributed by atoms with Crippen LogP contribution in [0.4, 0.5) is 5.82 Å². The number of hydrogen-bond acceptors (Lipinski definition) is 5. The fourth-order valence-corrected chi connectivity index (χ4v) is 4.03. The Morgan fingerprint density at radius 1 is 1.17 bits per heavy atom. The molecule has 3 aromatic rings. The van der Waals surface area contributed by atoms with Crippen molar-refractivity contribution < 1.29 is 4.79 Å². The maximum atomic E-state index is 13.2. The van der Waals surface area contributed by atoms with E-state index in [9.17, 15) is 4.79 Å². The van der Waals surface area contributed by atoms with Crippen molar-refractivity contribution in [3.63, 3.8) is 0 Å². The molecule has 1 fully saturated rings. The molecule has 0 saturated carbocycles. The number of anilines is 1. The van der Waals surface area contributed by atoms with E-state index in [-0.39, 0.29) is 11.9 Å². The molecule has 7 nitrogen and oxygen atoms in total. The first kappa shape index (κ1) is 20.1. The molecule has 0 radical (unpaired) electrons. The monoisotopic (exact) mass is 404 g/mol. The predicted molar refractivity (Wildman–Crippen MR) is 116 cm³/mol. The molecule has 156 valence electrons. The van der Waals surface area contributed by atoms with E-state index in [1.165, 1.54) is 6.42 Å². The van der Waals surface area contributed by atoms with Gasteiger partial charge in [-0.3, -0.25) is 14.5 Å². The van der Waals surface area contributed by atoms with E-state index in [0.717, 1.165) is 50.3 Å². The van der Waals surface area contributed by atoms with Gasteiger partial charge in [0.1, 0.15) is 5.82 Å². The molecule has 4 rings (SSSR count). The van der Waals surface area contributed by atoms with Gasteiger partial charge in [0.05, 0.1) is 5.56 Å². The van der Waals surface area contributed by atoms with E-state index < -0.39 is 0 Å². The molecule has 7 heteroatoms. The lowest BCUT2D eigenvalue weighted by Gasteiger charge is -2.36. The van der Waals surface area contributed by atoms with Crippen LogP contribution in [0.3, 0.4) is 0 Å². The summed E-state index contributed by atoms with van der Waals surface area (Å²) >= 11 is 0. The van der Waals surface area contributed by atoms with Gasteiger partial charge in [-0.05, 0) is 55.5 Å². The van der Waals surface area contributed by atoms with Gasteiger partial charge >= 0.3 is 0 Å². The summed E-state index contributed by atoms with van der Waals surface area (Å²) in [5.74, 6) is 0.915. The van der Waals surface area contributed by atoms with Crippen LogP contribution < -0.4 is 4.90 Å². The Morgan fingerprint density at radius 3 is 2.83 bits per heavy atom. The van der Waals surface area contributed by atoms with Crippen LogP contribution in [-0.2, 0) is 13.1 Å². The van der Waals surface area contributed by atoms with Crippen molar-refractivity contribution in [1.29, 1.82) is 0 Å². The van der Waals surface area contributed by atoms with Crippen LogP contribution in [0.25, 0.3) is 0 Å². The van der Waals surface area contributed by atoms with E-state index in [2.05, 4.69) is 20.0 Å². The first-order chi connectivity index (χ1) is 14.7. The van der Waals surface area contributed by atoms with Gasteiger partial charge in [0, 0.05) is 63.7 Å². The zero-order valence-corrected chi connectivity index (χ0v) is 17.4. The van der Waals surface area contributed by atoms with E-state index in [4.69, 9.17) is 0 Å². The Bertz CT molecular complexity index is 926. The van der Waals surface area contributed by atoms with Gasteiger partial charge in [0.2, 0.25) is 0 Å². The first-order valence-corrected chi connectivity index (χ1v) is 10.6. The molecule has 1 aliphatic rings. The summed E-state index contributed by atoms with van der Waals surface area (Å²) in [6.45, 7) is 2.36. The molecule has 1 atom stereocenters. The Kier molecular flexibility index (Phi) is 6.37. The Balaban J connectivity index is 1.40. The molecule has 30 heavy (non-hydrogen) atoms. The highest BCUT2D eigenvalue weighted by Crippen LogP contribution is 2.23. The number of piperidine rings is 1. The molecule has 0 aliphatic carbocycles. The van der Waals surface area contributed by atoms with Crippen molar-refractivity contribution in [3.05, 3.63) is 72.4 Å². The van der Waals surface area contributed by atoms with Crippen molar-refractivity contribution in [1.82, 2.24) is 24.6 Å². The highest BCUT2D eigenvalue weighted by Gasteiger charge is 2.27. The molecule has 3 aromatic heterocycles. The number of likely N-dealkylation sites (tertiary alicyclic amines) is 1. The molecule has 0 aromatic carbocycles. The number of aryl methyl sites for hydroxylation is 1. The normalized spacial score (nSPS) is 16.4. The maximum Gasteiger partial charge on any atom is 0.255 e. The van der Waals surface area contributed by atoms with E-state index in [0.29, 0.717) is 5.56 Å². The van der Waals surface area contributed by atoms with Gasteiger partial charge in [-0.25, -0.2) is 4.98 Å². The van der Waals surface area contributed by atoms with Crippen molar-refractivity contribution in [3.8, 4) is 0 Å². The van der Waals surface area contributed by atoms with Crippen molar-refractivity contribution in [2.24, 2.45) is 0 Å². The Hall–Kier alpha value is -3.22. The zero-order chi connectivity index (χ0) is 20.8. The number of carbonyl (C=O) groups is 1. The summed E-state index contributed by atoms with van der Waals surface area (Å²) in [5, 5.41) is 4.28. The van der Waals surface area contributed by atoms with Crippen LogP contribution in [0.2, 0.25) is 0 Å². The summed E-state index contributed by atoms with van der Waals surface area (Å²) < 4.78 is 1.94. The minimum atomic E-state index is 0.0779. The molecule has 0 bridgehead atoms. The van der Waals surface area contributed by atoms with Gasteiger partial charge in [-0.15, -0.1) is 0 Å². The fraction of sp³-hybridized carbons (Fsp3) is 0.391. The van der Waals surface area contributed by atoms with Gasteiger partial charge < -0.3 is 9.80 Å². The smallest absolute Gasteiger partial charge is 0.255 e. The Morgan fingerprint density at radius 2 is 2.10 bits per heavy atom. The summed E-state index contributed by atoms with van der Waals surface area (Å²) in [4.78, 5) is 26.0. The quantitative estimate of drug-likeness (QED) is 0.604. The van der Waals surface area contributed by atoms with Gasteiger partial charge in [-0.1, -0.05) is 6.07 Å². The molecule has 4 heterocycles. The van der Waals surface area contributed by atoms with Gasteiger partial charge in [-0.2, -0.15) is 5.10 Å². The average molecular weight is 405 g/mol. The lowest BCUT2D eigenvalue weighted by molar-refractivity contribution is 0.0593. The summed E-state index contributed by atoms with van der Waals surface area (Å²) in [6, 6.07) is 9.97. The minimum absolute atomic E-state index is 0.0779. The fourth-order valence-electron chi connectivity index (χ4n) is 4.03. The van der Waals surface area contributed by atoms with E-state index >= 15 is 0 Å². The van der Waals surface area contributed by atoms with Crippen LogP contribution in [0.1, 0.15) is 41.6 Å². The number of rotatable bonds is 7. The highest BCUT2D eigenvalue weighted by atomic mass is 16.2. The van der Waals surface area contributed by atoms with Gasteiger partial charge in [0.15, 0.2) is 0 Å². The predicted octanol–water partition coefficient (Wildman–Crippen LogP) is 3.39. The summed E-state index contributed by atoms with van der Waals surface area (Å²) in [7, 11) is 1.99. The maximum absolute atomic E-state index is 13.2. The van der Waals surface area contributed by atoms with Crippen LogP contribution >= 0.6 is 0 Å². The second-order valence-electron chi connectivity index (χ2n) is 7.83. The molecule has 1 amide bonds. The number of pyridine rings is 2. The molecule has 0 spiro atoms. The third-order valence-electron chi connectivity index (χ3n) is 5.67. The molecule has 0 N–H and O–H groups in total. The van der Waals surface area contributed by atoms with Crippen LogP contribution in [0, 0.1) is 0 Å². The number of nitrogens with zero attached hydrogens (tertiary/aromatic N) is 6. The SMILES string of the molecule is CN(Cc1cccnc1)c1ccc(C(=O)N2CCCC[C@@H]2CCn2cccn2)cn1. The average Bonchev–Trinajstić information content (AvgIpc) is 3.32. The van der Waals surface area contributed by atoms with Crippen molar-refractivity contribution >= 4 is 11.7 Å². The Labute approximate surface area is 177 Å². The molecule has 1 aliphatic heterocycles. The van der Waals surface area contributed by atoms with Crippen LogP contribution in [-0.4, -0.2) is 50.2 Å². The van der Waals surface area contributed by atoms with Crippen molar-refractivity contribution in [2.45, 2.75) is 44.8 Å². The first-order valence-electron chi connectivity index (χ1n) is 10.6. The van der Waals surface area contributed by atoms with E-state index in [1.54, 1.807) is 18.6 Å². The number of carbonyl (C=O) groups excluding carboxylic acids is 1. The standard InChI is InChI=1S/C23H28N6O/c1-27(18-19-6-4-11-24-16-19)22-9-8-20(17-25-22)23(30)29-14-3-2-7-21(29)10-15-28-13-5-12-26-28/h4-6,8-9,11-13,16-17,21H,2-3,7,10,14-15,18H2,1H3/t21-/m1/s1. The van der Waals surface area contributed by atoms with Crippen LogP contribution in [0.5, 0.6) is 0 Å². The number of aromatic nitrogens is 4. The van der Waals surface area contributed by atoms with Crippen molar-refractivity contribution in [2.75, 3.05) is 18.5 Å². The third kappa shape index (κ3) is 4.84. The molecular weight excluding hydrogens is 376 g/mol. The topological polar surface area (TPSA) is 67.2 Å². The second-order valence-corrected chi connectivity index (χ2v) is 7.83. The summed E-state index contributed by atoms with van der Waals surface area (Å²) in [5.41, 5.74) is 1.77. The number of hydrogen-bond donors (Lipinski definition) is 0. The van der Waals surface area contributed by atoms with E-state index in [1.807, 2.05) is 59.4 Å². The third-order valence-corrected chi connectivity index (χ3v) is 5.67. The minimum Gasteiger partial charge on any atom is -0.355 e. The highest BCUT2D eigenvalue weighted by molar-refractivity contribution is 5.94. The number of amides is 1. The second kappa shape index (κ2) is 9.52. The van der Waals surface area contributed by atoms with Gasteiger partial charge in [0.25, 0.3) is 5.91 Å². The molecule has 1 saturated heterocycles. The lowest BCUT2D eigenvalue weighted by Crippen LogP contribution is -2.44. The largest absolute Gasteiger partial charge is 0.355 e. The lowest BCUT2D eigenvalue weighted by atomic mass is 9.98. The molecular formula is C23H28N6O. The van der Waals surface area contributed by atoms with Crippen LogP contribution in [0.15, 0.2) is 61.3 Å².